The summed E-state index contributed by atoms with van der Waals surface area (Å²) >= 11 is 11.5. The van der Waals surface area contributed by atoms with Crippen LogP contribution in [0.25, 0.3) is 0 Å². The first kappa shape index (κ1) is 24.1. The number of rotatable bonds is 5. The van der Waals surface area contributed by atoms with Gasteiger partial charge in [-0.2, -0.15) is 0 Å². The molecule has 0 radical (unpaired) electrons. The zero-order valence-electron chi connectivity index (χ0n) is 18.8. The lowest BCUT2D eigenvalue weighted by Gasteiger charge is -2.34. The number of thiocarbonyl (C=S) groups is 1. The third-order valence-electron chi connectivity index (χ3n) is 6.06. The molecule has 3 aromatic rings. The van der Waals surface area contributed by atoms with Gasteiger partial charge in [0.05, 0.1) is 11.7 Å². The summed E-state index contributed by atoms with van der Waals surface area (Å²) in [4.78, 5) is 19.8. The number of pyridine rings is 1. The van der Waals surface area contributed by atoms with E-state index in [4.69, 9.17) is 23.8 Å². The van der Waals surface area contributed by atoms with Gasteiger partial charge in [0.1, 0.15) is 5.82 Å². The number of piperidine rings is 1. The molecule has 5 nitrogen and oxygen atoms in total. The monoisotopic (exact) mass is 496 g/mol. The van der Waals surface area contributed by atoms with Crippen LogP contribution in [0.4, 0.5) is 10.1 Å². The Balaban J connectivity index is 1.40. The van der Waals surface area contributed by atoms with Crippen molar-refractivity contribution in [3.8, 4) is 0 Å². The van der Waals surface area contributed by atoms with Crippen LogP contribution in [-0.2, 0) is 4.79 Å². The van der Waals surface area contributed by atoms with Crippen molar-refractivity contribution in [1.29, 1.82) is 0 Å². The van der Waals surface area contributed by atoms with Crippen LogP contribution in [0.15, 0.2) is 66.9 Å². The summed E-state index contributed by atoms with van der Waals surface area (Å²) in [6, 6.07) is 16.9. The molecule has 1 fully saturated rings. The Hall–Kier alpha value is -3.03. The Morgan fingerprint density at radius 3 is 2.44 bits per heavy atom. The molecular weight excluding hydrogens is 471 g/mol. The van der Waals surface area contributed by atoms with E-state index in [0.717, 1.165) is 22.5 Å². The Labute approximate surface area is 209 Å². The quantitative estimate of drug-likeness (QED) is 0.457. The van der Waals surface area contributed by atoms with Gasteiger partial charge in [-0.25, -0.2) is 4.39 Å². The third-order valence-corrected chi connectivity index (χ3v) is 6.67. The van der Waals surface area contributed by atoms with Crippen molar-refractivity contribution in [2.45, 2.75) is 25.8 Å². The second kappa shape index (κ2) is 10.9. The second-order valence-electron chi connectivity index (χ2n) is 8.40. The molecule has 8 heteroatoms. The van der Waals surface area contributed by atoms with Gasteiger partial charge in [-0.3, -0.25) is 9.78 Å². The highest BCUT2D eigenvalue weighted by Gasteiger charge is 2.29. The maximum Gasteiger partial charge on any atom is 0.224 e. The largest absolute Gasteiger partial charge is 0.349 e. The average molecular weight is 497 g/mol. The summed E-state index contributed by atoms with van der Waals surface area (Å²) in [6.07, 6.45) is 3.08. The van der Waals surface area contributed by atoms with Crippen molar-refractivity contribution in [3.05, 3.63) is 94.5 Å². The van der Waals surface area contributed by atoms with Gasteiger partial charge >= 0.3 is 0 Å². The first-order chi connectivity index (χ1) is 16.4. The number of carbonyl (C=O) groups excluding carboxylic acids is 1. The fourth-order valence-electron chi connectivity index (χ4n) is 4.11. The molecule has 1 amide bonds. The number of likely N-dealkylation sites (tertiary alicyclic amines) is 1. The molecule has 1 aliphatic rings. The van der Waals surface area contributed by atoms with Gasteiger partial charge in [-0.1, -0.05) is 29.8 Å². The van der Waals surface area contributed by atoms with Gasteiger partial charge in [-0.15, -0.1) is 0 Å². The molecule has 1 aliphatic heterocycles. The number of nitrogens with zero attached hydrogens (tertiary/aromatic N) is 2. The molecular formula is C26H26ClFN4OS. The maximum atomic E-state index is 13.5. The van der Waals surface area contributed by atoms with E-state index in [1.165, 1.54) is 12.1 Å². The maximum absolute atomic E-state index is 13.5. The second-order valence-corrected chi connectivity index (χ2v) is 9.22. The first-order valence-electron chi connectivity index (χ1n) is 11.2. The SMILES string of the molecule is Cc1cccnc1C(NC(=O)C1CCN(C(=S)Nc2ccc(Cl)cc2)CC1)c1ccc(F)cc1. The topological polar surface area (TPSA) is 57.3 Å². The van der Waals surface area contributed by atoms with Crippen molar-refractivity contribution in [2.75, 3.05) is 18.4 Å². The molecule has 0 saturated carbocycles. The Bertz CT molecular complexity index is 1150. The molecule has 4 rings (SSSR count). The van der Waals surface area contributed by atoms with Crippen LogP contribution in [0.5, 0.6) is 0 Å². The van der Waals surface area contributed by atoms with Crippen LogP contribution >= 0.6 is 23.8 Å². The first-order valence-corrected chi connectivity index (χ1v) is 12.0. The number of benzene rings is 2. The number of amides is 1. The number of aromatic nitrogens is 1. The highest BCUT2D eigenvalue weighted by atomic mass is 35.5. The molecule has 0 bridgehead atoms. The zero-order chi connectivity index (χ0) is 24.1. The Morgan fingerprint density at radius 2 is 1.79 bits per heavy atom. The zero-order valence-corrected chi connectivity index (χ0v) is 20.4. The normalized spacial score (nSPS) is 15.0. The van der Waals surface area contributed by atoms with E-state index in [1.54, 1.807) is 18.3 Å². The smallest absolute Gasteiger partial charge is 0.224 e. The number of hydrogen-bond donors (Lipinski definition) is 2. The van der Waals surface area contributed by atoms with E-state index in [1.807, 2.05) is 43.3 Å². The van der Waals surface area contributed by atoms with Crippen molar-refractivity contribution in [2.24, 2.45) is 5.92 Å². The molecule has 0 aliphatic carbocycles. The van der Waals surface area contributed by atoms with Crippen LogP contribution in [0.3, 0.4) is 0 Å². The minimum absolute atomic E-state index is 0.0318. The van der Waals surface area contributed by atoms with Crippen LogP contribution in [0.2, 0.25) is 5.02 Å². The molecule has 1 aromatic heterocycles. The number of halogens is 2. The number of carbonyl (C=O) groups is 1. The van der Waals surface area contributed by atoms with Crippen LogP contribution in [0.1, 0.15) is 35.7 Å². The van der Waals surface area contributed by atoms with E-state index in [0.29, 0.717) is 36.1 Å². The fraction of sp³-hybridized carbons (Fsp3) is 0.269. The van der Waals surface area contributed by atoms with Gasteiger partial charge in [0.25, 0.3) is 0 Å². The highest BCUT2D eigenvalue weighted by Crippen LogP contribution is 2.26. The summed E-state index contributed by atoms with van der Waals surface area (Å²) in [5.41, 5.74) is 3.39. The number of anilines is 1. The molecule has 1 atom stereocenters. The number of aryl methyl sites for hydroxylation is 1. The lowest BCUT2D eigenvalue weighted by Crippen LogP contribution is -2.45. The number of hydrogen-bond acceptors (Lipinski definition) is 3. The van der Waals surface area contributed by atoms with Crippen LogP contribution in [0, 0.1) is 18.7 Å². The van der Waals surface area contributed by atoms with Gasteiger partial charge in [0.2, 0.25) is 5.91 Å². The molecule has 34 heavy (non-hydrogen) atoms. The Morgan fingerprint density at radius 1 is 1.12 bits per heavy atom. The van der Waals surface area contributed by atoms with Gasteiger partial charge < -0.3 is 15.5 Å². The van der Waals surface area contributed by atoms with E-state index >= 15 is 0 Å². The van der Waals surface area contributed by atoms with Crippen molar-refractivity contribution >= 4 is 40.5 Å². The molecule has 1 unspecified atom stereocenters. The molecule has 2 aromatic carbocycles. The lowest BCUT2D eigenvalue weighted by molar-refractivity contribution is -0.126. The summed E-state index contributed by atoms with van der Waals surface area (Å²) in [5, 5.41) is 7.70. The van der Waals surface area contributed by atoms with Crippen molar-refractivity contribution in [3.63, 3.8) is 0 Å². The highest BCUT2D eigenvalue weighted by molar-refractivity contribution is 7.80. The van der Waals surface area contributed by atoms with Gasteiger partial charge in [-0.05, 0) is 85.6 Å². The van der Waals surface area contributed by atoms with E-state index in [-0.39, 0.29) is 17.6 Å². The molecule has 0 spiro atoms. The average Bonchev–Trinajstić information content (AvgIpc) is 2.85. The standard InChI is InChI=1S/C26H26ClFN4OS/c1-17-3-2-14-29-23(17)24(18-4-8-21(28)9-5-18)31-25(33)19-12-15-32(16-13-19)26(34)30-22-10-6-20(27)7-11-22/h2-11,14,19,24H,12-13,15-16H2,1H3,(H,30,34)(H,31,33). The minimum atomic E-state index is -0.444. The predicted molar refractivity (Wildman–Crippen MR) is 137 cm³/mol. The van der Waals surface area contributed by atoms with Crippen LogP contribution in [-0.4, -0.2) is 34.0 Å². The molecule has 2 N–H and O–H groups in total. The Kier molecular flexibility index (Phi) is 7.75. The van der Waals surface area contributed by atoms with Gasteiger partial charge in [0.15, 0.2) is 5.11 Å². The third kappa shape index (κ3) is 5.90. The predicted octanol–water partition coefficient (Wildman–Crippen LogP) is 5.50. The summed E-state index contributed by atoms with van der Waals surface area (Å²) in [7, 11) is 0. The summed E-state index contributed by atoms with van der Waals surface area (Å²) < 4.78 is 13.5. The lowest BCUT2D eigenvalue weighted by atomic mass is 9.94. The van der Waals surface area contributed by atoms with Crippen LogP contribution < -0.4 is 10.6 Å². The van der Waals surface area contributed by atoms with Crippen molar-refractivity contribution in [1.82, 2.24) is 15.2 Å². The van der Waals surface area contributed by atoms with E-state index < -0.39 is 6.04 Å². The van der Waals surface area contributed by atoms with Gasteiger partial charge in [0, 0.05) is 35.9 Å². The fourth-order valence-corrected chi connectivity index (χ4v) is 4.53. The van der Waals surface area contributed by atoms with Crippen molar-refractivity contribution < 1.29 is 9.18 Å². The molecule has 1 saturated heterocycles. The molecule has 2 heterocycles. The molecule has 176 valence electrons. The number of nitrogens with one attached hydrogen (secondary N) is 2. The minimum Gasteiger partial charge on any atom is -0.349 e. The summed E-state index contributed by atoms with van der Waals surface area (Å²) in [6.45, 7) is 3.32. The van der Waals surface area contributed by atoms with E-state index in [9.17, 15) is 9.18 Å². The van der Waals surface area contributed by atoms with E-state index in [2.05, 4.69) is 20.5 Å². The summed E-state index contributed by atoms with van der Waals surface area (Å²) in [5.74, 6) is -0.487.